The highest BCUT2D eigenvalue weighted by atomic mass is 16.2. The van der Waals surface area contributed by atoms with E-state index < -0.39 is 0 Å². The lowest BCUT2D eigenvalue weighted by atomic mass is 9.81. The van der Waals surface area contributed by atoms with Crippen LogP contribution in [-0.4, -0.2) is 25.2 Å². The number of nitrogens with one attached hydrogen (secondary N) is 1. The maximum absolute atomic E-state index is 12.9. The van der Waals surface area contributed by atoms with Crippen LogP contribution in [0, 0.1) is 0 Å². The molecule has 2 aliphatic rings. The predicted molar refractivity (Wildman–Crippen MR) is 127 cm³/mol. The van der Waals surface area contributed by atoms with Crippen LogP contribution in [0.25, 0.3) is 0 Å². The van der Waals surface area contributed by atoms with Gasteiger partial charge in [0.25, 0.3) is 5.91 Å². The number of nitrogens with zero attached hydrogens (tertiary/aromatic N) is 2. The number of amides is 1. The van der Waals surface area contributed by atoms with Crippen LogP contribution in [0.2, 0.25) is 0 Å². The maximum atomic E-state index is 12.9. The molecule has 0 unspecified atom stereocenters. The van der Waals surface area contributed by atoms with Crippen molar-refractivity contribution in [3.8, 4) is 0 Å². The molecule has 0 fully saturated rings. The minimum Gasteiger partial charge on any atom is -0.372 e. The van der Waals surface area contributed by atoms with Gasteiger partial charge in [-0.25, -0.2) is 0 Å². The van der Waals surface area contributed by atoms with Gasteiger partial charge < -0.3 is 15.1 Å². The van der Waals surface area contributed by atoms with Crippen molar-refractivity contribution in [3.05, 3.63) is 95.1 Å². The minimum atomic E-state index is -0.0419. The molecule has 0 bridgehead atoms. The van der Waals surface area contributed by atoms with Gasteiger partial charge in [0.1, 0.15) is 6.17 Å². The fraction of sp³-hybridized carbons (Fsp3) is 0.296. The molecule has 0 radical (unpaired) electrons. The Morgan fingerprint density at radius 3 is 2.42 bits per heavy atom. The molecule has 5 rings (SSSR count). The van der Waals surface area contributed by atoms with Crippen molar-refractivity contribution >= 4 is 17.3 Å². The van der Waals surface area contributed by atoms with Crippen LogP contribution in [0.1, 0.15) is 46.8 Å². The van der Waals surface area contributed by atoms with Gasteiger partial charge in [0, 0.05) is 31.2 Å². The second kappa shape index (κ2) is 8.10. The highest BCUT2D eigenvalue weighted by Crippen LogP contribution is 2.40. The lowest BCUT2D eigenvalue weighted by molar-refractivity contribution is 0.0916. The topological polar surface area (TPSA) is 35.6 Å². The van der Waals surface area contributed by atoms with Crippen LogP contribution in [-0.2, 0) is 13.0 Å². The molecular formula is C27H29N3O. The SMILES string of the molecule is CCN(CC)c1ccc(C[C@H]2c3ccccc3CN3c4ccccc4C(=O)N[C@@H]23)cc1. The molecule has 4 nitrogen and oxygen atoms in total. The molecule has 4 heteroatoms. The normalized spacial score (nSPS) is 19.2. The molecule has 0 saturated heterocycles. The molecule has 0 aromatic heterocycles. The largest absolute Gasteiger partial charge is 0.372 e. The molecule has 0 saturated carbocycles. The van der Waals surface area contributed by atoms with E-state index in [0.29, 0.717) is 0 Å². The number of hydrogen-bond donors (Lipinski definition) is 1. The summed E-state index contributed by atoms with van der Waals surface area (Å²) in [6.07, 6.45) is 0.846. The van der Waals surface area contributed by atoms with Gasteiger partial charge in [-0.3, -0.25) is 4.79 Å². The van der Waals surface area contributed by atoms with Crippen LogP contribution < -0.4 is 15.1 Å². The molecule has 0 spiro atoms. The van der Waals surface area contributed by atoms with Gasteiger partial charge in [-0.05, 0) is 61.2 Å². The fourth-order valence-electron chi connectivity index (χ4n) is 5.16. The van der Waals surface area contributed by atoms with Crippen LogP contribution >= 0.6 is 0 Å². The van der Waals surface area contributed by atoms with Gasteiger partial charge >= 0.3 is 0 Å². The average molecular weight is 412 g/mol. The van der Waals surface area contributed by atoms with E-state index in [0.717, 1.165) is 37.3 Å². The number of rotatable bonds is 5. The first-order valence-electron chi connectivity index (χ1n) is 11.3. The zero-order valence-corrected chi connectivity index (χ0v) is 18.2. The average Bonchev–Trinajstić information content (AvgIpc) is 2.81. The van der Waals surface area contributed by atoms with Crippen molar-refractivity contribution in [1.29, 1.82) is 0 Å². The zero-order chi connectivity index (χ0) is 21.4. The van der Waals surface area contributed by atoms with Gasteiger partial charge in [-0.15, -0.1) is 0 Å². The fourth-order valence-corrected chi connectivity index (χ4v) is 5.16. The smallest absolute Gasteiger partial charge is 0.254 e. The monoisotopic (exact) mass is 411 g/mol. The number of para-hydroxylation sites is 1. The molecular weight excluding hydrogens is 382 g/mol. The van der Waals surface area contributed by atoms with Crippen LogP contribution in [0.4, 0.5) is 11.4 Å². The third-order valence-corrected chi connectivity index (χ3v) is 6.77. The lowest BCUT2D eigenvalue weighted by Crippen LogP contribution is -2.57. The second-order valence-electron chi connectivity index (χ2n) is 8.41. The first kappa shape index (κ1) is 19.7. The Balaban J connectivity index is 1.51. The number of benzene rings is 3. The molecule has 3 aromatic rings. The van der Waals surface area contributed by atoms with E-state index in [-0.39, 0.29) is 18.0 Å². The Hall–Kier alpha value is -3.27. The lowest BCUT2D eigenvalue weighted by Gasteiger charge is -2.47. The molecule has 2 heterocycles. The van der Waals surface area contributed by atoms with Gasteiger partial charge in [0.05, 0.1) is 11.3 Å². The molecule has 0 aliphatic carbocycles. The molecule has 1 N–H and O–H groups in total. The Morgan fingerprint density at radius 2 is 1.65 bits per heavy atom. The third kappa shape index (κ3) is 3.46. The summed E-state index contributed by atoms with van der Waals surface area (Å²) in [5.41, 5.74) is 7.05. The second-order valence-corrected chi connectivity index (χ2v) is 8.41. The summed E-state index contributed by atoms with van der Waals surface area (Å²) in [7, 11) is 0. The van der Waals surface area contributed by atoms with Crippen molar-refractivity contribution < 1.29 is 4.79 Å². The number of fused-ring (bicyclic) bond motifs is 4. The number of carbonyl (C=O) groups excluding carboxylic acids is 1. The van der Waals surface area contributed by atoms with Gasteiger partial charge in [-0.2, -0.15) is 0 Å². The van der Waals surface area contributed by atoms with Gasteiger partial charge in [-0.1, -0.05) is 48.5 Å². The molecule has 2 atom stereocenters. The van der Waals surface area contributed by atoms with Crippen LogP contribution in [0.3, 0.4) is 0 Å². The molecule has 1 amide bonds. The molecule has 31 heavy (non-hydrogen) atoms. The molecule has 2 aliphatic heterocycles. The van der Waals surface area contributed by atoms with E-state index >= 15 is 0 Å². The Morgan fingerprint density at radius 1 is 0.935 bits per heavy atom. The third-order valence-electron chi connectivity index (χ3n) is 6.77. The first-order chi connectivity index (χ1) is 15.2. The van der Waals surface area contributed by atoms with E-state index in [2.05, 4.69) is 83.6 Å². The summed E-state index contributed by atoms with van der Waals surface area (Å²) in [6.45, 7) is 7.21. The van der Waals surface area contributed by atoms with Crippen LogP contribution in [0.5, 0.6) is 0 Å². The van der Waals surface area contributed by atoms with Gasteiger partial charge in [0.15, 0.2) is 0 Å². The summed E-state index contributed by atoms with van der Waals surface area (Å²) < 4.78 is 0. The Kier molecular flexibility index (Phi) is 5.14. The van der Waals surface area contributed by atoms with Crippen molar-refractivity contribution in [2.75, 3.05) is 22.9 Å². The number of anilines is 2. The maximum Gasteiger partial charge on any atom is 0.254 e. The first-order valence-corrected chi connectivity index (χ1v) is 11.3. The number of hydrogen-bond acceptors (Lipinski definition) is 3. The van der Waals surface area contributed by atoms with Crippen LogP contribution in [0.15, 0.2) is 72.8 Å². The molecule has 158 valence electrons. The summed E-state index contributed by atoms with van der Waals surface area (Å²) >= 11 is 0. The minimum absolute atomic E-state index is 0.0260. The quantitative estimate of drug-likeness (QED) is 0.645. The van der Waals surface area contributed by atoms with E-state index in [1.807, 2.05) is 18.2 Å². The van der Waals surface area contributed by atoms with Gasteiger partial charge in [0.2, 0.25) is 0 Å². The summed E-state index contributed by atoms with van der Waals surface area (Å²) in [6, 6.07) is 25.6. The summed E-state index contributed by atoms with van der Waals surface area (Å²) in [5.74, 6) is 0.222. The predicted octanol–water partition coefficient (Wildman–Crippen LogP) is 4.95. The summed E-state index contributed by atoms with van der Waals surface area (Å²) in [5, 5.41) is 3.31. The molecule has 3 aromatic carbocycles. The van der Waals surface area contributed by atoms with Crippen molar-refractivity contribution in [2.45, 2.75) is 38.9 Å². The van der Waals surface area contributed by atoms with E-state index in [9.17, 15) is 4.79 Å². The summed E-state index contributed by atoms with van der Waals surface area (Å²) in [4.78, 5) is 17.6. The number of carbonyl (C=O) groups is 1. The van der Waals surface area contributed by atoms with E-state index in [1.54, 1.807) is 0 Å². The Labute approximate surface area is 184 Å². The standard InChI is InChI=1S/C27H29N3O/c1-3-29(4-2)21-15-13-19(14-16-21)17-24-22-10-6-5-9-20(22)18-30-25-12-8-7-11-23(25)27(31)28-26(24)30/h5-16,24,26H,3-4,17-18H2,1-2H3,(H,28,31)/t24-,26+/m0/s1. The van der Waals surface area contributed by atoms with Crippen molar-refractivity contribution in [1.82, 2.24) is 5.32 Å². The Bertz CT molecular complexity index is 1090. The van der Waals surface area contributed by atoms with E-state index in [1.165, 1.54) is 22.4 Å². The highest BCUT2D eigenvalue weighted by Gasteiger charge is 2.40. The van der Waals surface area contributed by atoms with E-state index in [4.69, 9.17) is 0 Å². The highest BCUT2D eigenvalue weighted by molar-refractivity contribution is 6.02. The van der Waals surface area contributed by atoms with Crippen molar-refractivity contribution in [3.63, 3.8) is 0 Å². The zero-order valence-electron chi connectivity index (χ0n) is 18.2. The van der Waals surface area contributed by atoms with Crippen molar-refractivity contribution in [2.24, 2.45) is 0 Å².